The van der Waals surface area contributed by atoms with Gasteiger partial charge in [-0.1, -0.05) is 18.2 Å². The van der Waals surface area contributed by atoms with E-state index in [1.165, 1.54) is 29.5 Å². The third kappa shape index (κ3) is 3.45. The van der Waals surface area contributed by atoms with Crippen molar-refractivity contribution in [3.63, 3.8) is 0 Å². The standard InChI is InChI=1S/C12H10F3NO2S/c1-7-16-9(6-19-7)11(17)8-4-2-3-5-10(8)18-12(13,14)15/h2-6,11,17H,1H3. The van der Waals surface area contributed by atoms with Crippen LogP contribution in [0.25, 0.3) is 0 Å². The number of benzene rings is 1. The molecule has 3 nitrogen and oxygen atoms in total. The zero-order chi connectivity index (χ0) is 14.0. The molecule has 2 rings (SSSR count). The molecule has 19 heavy (non-hydrogen) atoms. The molecule has 1 aromatic carbocycles. The van der Waals surface area contributed by atoms with Gasteiger partial charge in [-0.3, -0.25) is 0 Å². The molecule has 2 aromatic rings. The van der Waals surface area contributed by atoms with Gasteiger partial charge in [0, 0.05) is 10.9 Å². The summed E-state index contributed by atoms with van der Waals surface area (Å²) in [4.78, 5) is 4.06. The van der Waals surface area contributed by atoms with Crippen molar-refractivity contribution in [2.45, 2.75) is 19.4 Å². The number of hydrogen-bond donors (Lipinski definition) is 1. The van der Waals surface area contributed by atoms with E-state index in [-0.39, 0.29) is 5.56 Å². The van der Waals surface area contributed by atoms with Crippen molar-refractivity contribution in [2.24, 2.45) is 0 Å². The van der Waals surface area contributed by atoms with Gasteiger partial charge in [0.25, 0.3) is 0 Å². The topological polar surface area (TPSA) is 42.4 Å². The molecular weight excluding hydrogens is 279 g/mol. The number of ether oxygens (including phenoxy) is 1. The fourth-order valence-electron chi connectivity index (χ4n) is 1.59. The quantitative estimate of drug-likeness (QED) is 0.941. The first-order valence-corrected chi connectivity index (χ1v) is 6.19. The lowest BCUT2D eigenvalue weighted by molar-refractivity contribution is -0.275. The van der Waals surface area contributed by atoms with Gasteiger partial charge in [0.2, 0.25) is 0 Å². The highest BCUT2D eigenvalue weighted by Gasteiger charge is 2.33. The molecule has 0 spiro atoms. The van der Waals surface area contributed by atoms with Gasteiger partial charge in [0.1, 0.15) is 11.9 Å². The number of alkyl halides is 3. The van der Waals surface area contributed by atoms with E-state index < -0.39 is 18.2 Å². The number of aromatic nitrogens is 1. The summed E-state index contributed by atoms with van der Waals surface area (Å²) < 4.78 is 40.7. The van der Waals surface area contributed by atoms with Crippen LogP contribution in [0.1, 0.15) is 22.4 Å². The van der Waals surface area contributed by atoms with Crippen molar-refractivity contribution in [3.05, 3.63) is 45.9 Å². The van der Waals surface area contributed by atoms with Crippen LogP contribution in [-0.2, 0) is 0 Å². The summed E-state index contributed by atoms with van der Waals surface area (Å²) in [5.74, 6) is -0.423. The van der Waals surface area contributed by atoms with E-state index in [0.717, 1.165) is 11.1 Å². The Balaban J connectivity index is 2.34. The Hall–Kier alpha value is -1.60. The first kappa shape index (κ1) is 13.8. The van der Waals surface area contributed by atoms with Crippen LogP contribution in [0.5, 0.6) is 5.75 Å². The van der Waals surface area contributed by atoms with Crippen LogP contribution in [0.4, 0.5) is 13.2 Å². The second-order valence-electron chi connectivity index (χ2n) is 3.78. The molecule has 102 valence electrons. The number of thiazole rings is 1. The summed E-state index contributed by atoms with van der Waals surface area (Å²) in [5.41, 5.74) is 0.339. The average Bonchev–Trinajstić information content (AvgIpc) is 2.74. The number of hydrogen-bond acceptors (Lipinski definition) is 4. The molecule has 1 unspecified atom stereocenters. The van der Waals surface area contributed by atoms with E-state index in [4.69, 9.17) is 0 Å². The maximum Gasteiger partial charge on any atom is 0.573 e. The van der Waals surface area contributed by atoms with Gasteiger partial charge in [0.15, 0.2) is 0 Å². The highest BCUT2D eigenvalue weighted by molar-refractivity contribution is 7.09. The van der Waals surface area contributed by atoms with E-state index in [2.05, 4.69) is 9.72 Å². The molecule has 7 heteroatoms. The summed E-state index contributed by atoms with van der Waals surface area (Å²) in [6.45, 7) is 1.75. The molecule has 0 saturated heterocycles. The lowest BCUT2D eigenvalue weighted by atomic mass is 10.1. The van der Waals surface area contributed by atoms with Crippen molar-refractivity contribution in [2.75, 3.05) is 0 Å². The SMILES string of the molecule is Cc1nc(C(O)c2ccccc2OC(F)(F)F)cs1. The molecular formula is C12H10F3NO2S. The molecule has 0 amide bonds. The molecule has 0 radical (unpaired) electrons. The van der Waals surface area contributed by atoms with Crippen LogP contribution >= 0.6 is 11.3 Å². The van der Waals surface area contributed by atoms with Crippen molar-refractivity contribution in [1.82, 2.24) is 4.98 Å². The van der Waals surface area contributed by atoms with Gasteiger partial charge in [-0.05, 0) is 13.0 Å². The number of para-hydroxylation sites is 1. The monoisotopic (exact) mass is 289 g/mol. The Morgan fingerprint density at radius 3 is 2.58 bits per heavy atom. The second-order valence-corrected chi connectivity index (χ2v) is 4.84. The van der Waals surface area contributed by atoms with Crippen LogP contribution in [-0.4, -0.2) is 16.5 Å². The molecule has 0 aliphatic rings. The van der Waals surface area contributed by atoms with Gasteiger partial charge in [-0.25, -0.2) is 4.98 Å². The summed E-state index contributed by atoms with van der Waals surface area (Å²) in [6.07, 6.45) is -6.04. The van der Waals surface area contributed by atoms with Crippen LogP contribution in [0.15, 0.2) is 29.6 Å². The van der Waals surface area contributed by atoms with E-state index in [9.17, 15) is 18.3 Å². The van der Waals surface area contributed by atoms with Gasteiger partial charge >= 0.3 is 6.36 Å². The van der Waals surface area contributed by atoms with E-state index in [0.29, 0.717) is 5.69 Å². The van der Waals surface area contributed by atoms with E-state index >= 15 is 0 Å². The minimum Gasteiger partial charge on any atom is -0.405 e. The predicted octanol–water partition coefficient (Wildman–Crippen LogP) is 3.43. The summed E-state index contributed by atoms with van der Waals surface area (Å²) in [5, 5.41) is 12.4. The zero-order valence-electron chi connectivity index (χ0n) is 9.81. The molecule has 1 atom stereocenters. The number of halogens is 3. The largest absolute Gasteiger partial charge is 0.573 e. The minimum atomic E-state index is -4.80. The van der Waals surface area contributed by atoms with Gasteiger partial charge in [0.05, 0.1) is 10.7 Å². The molecule has 0 aliphatic heterocycles. The van der Waals surface area contributed by atoms with Crippen molar-refractivity contribution < 1.29 is 23.0 Å². The number of nitrogens with zero attached hydrogens (tertiary/aromatic N) is 1. The summed E-state index contributed by atoms with van der Waals surface area (Å²) in [7, 11) is 0. The first-order valence-electron chi connectivity index (χ1n) is 5.31. The second kappa shape index (κ2) is 5.18. The van der Waals surface area contributed by atoms with Crippen LogP contribution < -0.4 is 4.74 Å². The Morgan fingerprint density at radius 1 is 1.32 bits per heavy atom. The average molecular weight is 289 g/mol. The Morgan fingerprint density at radius 2 is 2.00 bits per heavy atom. The van der Waals surface area contributed by atoms with E-state index in [1.54, 1.807) is 12.3 Å². The highest BCUT2D eigenvalue weighted by atomic mass is 32.1. The third-order valence-electron chi connectivity index (χ3n) is 2.36. The number of aryl methyl sites for hydroxylation is 1. The lowest BCUT2D eigenvalue weighted by Crippen LogP contribution is -2.18. The Kier molecular flexibility index (Phi) is 3.77. The number of rotatable bonds is 3. The Bertz CT molecular complexity index is 568. The Labute approximate surface area is 111 Å². The predicted molar refractivity (Wildman–Crippen MR) is 64.0 cm³/mol. The minimum absolute atomic E-state index is 0.0325. The lowest BCUT2D eigenvalue weighted by Gasteiger charge is -2.15. The molecule has 0 saturated carbocycles. The molecule has 0 aliphatic carbocycles. The molecule has 1 aromatic heterocycles. The molecule has 1 heterocycles. The maximum absolute atomic E-state index is 12.3. The fraction of sp³-hybridized carbons (Fsp3) is 0.250. The van der Waals surface area contributed by atoms with Crippen LogP contribution in [0, 0.1) is 6.92 Å². The van der Waals surface area contributed by atoms with Gasteiger partial charge in [-0.2, -0.15) is 0 Å². The van der Waals surface area contributed by atoms with Gasteiger partial charge < -0.3 is 9.84 Å². The van der Waals surface area contributed by atoms with Crippen molar-refractivity contribution in [1.29, 1.82) is 0 Å². The van der Waals surface area contributed by atoms with Crippen molar-refractivity contribution >= 4 is 11.3 Å². The smallest absolute Gasteiger partial charge is 0.405 e. The van der Waals surface area contributed by atoms with Crippen molar-refractivity contribution in [3.8, 4) is 5.75 Å². The molecule has 0 bridgehead atoms. The summed E-state index contributed by atoms with van der Waals surface area (Å²) in [6, 6.07) is 5.47. The molecule has 0 fully saturated rings. The number of aliphatic hydroxyl groups is 1. The van der Waals surface area contributed by atoms with Gasteiger partial charge in [-0.15, -0.1) is 24.5 Å². The maximum atomic E-state index is 12.3. The summed E-state index contributed by atoms with van der Waals surface area (Å²) >= 11 is 1.31. The van der Waals surface area contributed by atoms with Crippen LogP contribution in [0.2, 0.25) is 0 Å². The zero-order valence-corrected chi connectivity index (χ0v) is 10.6. The normalized spacial score (nSPS) is 13.3. The highest BCUT2D eigenvalue weighted by Crippen LogP contribution is 2.33. The third-order valence-corrected chi connectivity index (χ3v) is 3.15. The van der Waals surface area contributed by atoms with Crippen LogP contribution in [0.3, 0.4) is 0 Å². The first-order chi connectivity index (χ1) is 8.87. The molecule has 1 N–H and O–H groups in total. The van der Waals surface area contributed by atoms with E-state index in [1.807, 2.05) is 0 Å². The number of aliphatic hydroxyl groups excluding tert-OH is 1. The fourth-order valence-corrected chi connectivity index (χ4v) is 2.22.